The summed E-state index contributed by atoms with van der Waals surface area (Å²) < 4.78 is 33.0. The Labute approximate surface area is 177 Å². The van der Waals surface area contributed by atoms with Crippen LogP contribution in [0, 0.1) is 0 Å². The smallest absolute Gasteiger partial charge is 0.243 e. The highest BCUT2D eigenvalue weighted by Crippen LogP contribution is 2.43. The number of nitrogens with zero attached hydrogens (tertiary/aromatic N) is 3. The molecule has 9 heteroatoms. The minimum atomic E-state index is -3.59. The van der Waals surface area contributed by atoms with Gasteiger partial charge in [-0.1, -0.05) is 6.42 Å². The highest BCUT2D eigenvalue weighted by molar-refractivity contribution is 7.89. The topological polar surface area (TPSA) is 87.2 Å². The van der Waals surface area contributed by atoms with Gasteiger partial charge in [-0.05, 0) is 50.5 Å². The van der Waals surface area contributed by atoms with Crippen molar-refractivity contribution in [3.8, 4) is 0 Å². The van der Waals surface area contributed by atoms with Gasteiger partial charge in [0.1, 0.15) is 6.54 Å². The summed E-state index contributed by atoms with van der Waals surface area (Å²) in [6.07, 6.45) is 2.78. The van der Waals surface area contributed by atoms with Gasteiger partial charge in [0.2, 0.25) is 21.8 Å². The standard InChI is InChI=1S/C21H29N3O5S/c1-21(2)17-14-16(30(27,28)23-8-4-3-5-9-23)6-7-18(17)24(20(21)26)15-19(25)22-10-12-29-13-11-22/h6-7,14H,3-5,8-13,15H2,1-2H3. The van der Waals surface area contributed by atoms with Crippen molar-refractivity contribution in [2.45, 2.75) is 43.4 Å². The Bertz CT molecular complexity index is 947. The molecule has 2 amide bonds. The zero-order chi connectivity index (χ0) is 21.5. The molecule has 3 aliphatic rings. The number of piperidine rings is 1. The third-order valence-corrected chi connectivity index (χ3v) is 8.22. The molecule has 0 aromatic heterocycles. The molecule has 0 saturated carbocycles. The molecule has 8 nitrogen and oxygen atoms in total. The Kier molecular flexibility index (Phi) is 5.63. The molecule has 164 valence electrons. The number of rotatable bonds is 4. The number of benzene rings is 1. The van der Waals surface area contributed by atoms with Gasteiger partial charge in [0.15, 0.2) is 0 Å². The van der Waals surface area contributed by atoms with Crippen LogP contribution in [0.25, 0.3) is 0 Å². The van der Waals surface area contributed by atoms with Gasteiger partial charge < -0.3 is 14.5 Å². The molecule has 0 unspecified atom stereocenters. The number of morpholine rings is 1. The lowest BCUT2D eigenvalue weighted by molar-refractivity contribution is -0.135. The summed E-state index contributed by atoms with van der Waals surface area (Å²) in [6.45, 7) is 6.61. The molecule has 1 aromatic carbocycles. The minimum absolute atomic E-state index is 0.0481. The van der Waals surface area contributed by atoms with Gasteiger partial charge in [-0.2, -0.15) is 4.31 Å². The molecule has 2 fully saturated rings. The van der Waals surface area contributed by atoms with Crippen molar-refractivity contribution in [2.75, 3.05) is 50.8 Å². The van der Waals surface area contributed by atoms with E-state index >= 15 is 0 Å². The van der Waals surface area contributed by atoms with Crippen LogP contribution >= 0.6 is 0 Å². The van der Waals surface area contributed by atoms with E-state index in [9.17, 15) is 18.0 Å². The van der Waals surface area contributed by atoms with E-state index in [-0.39, 0.29) is 23.3 Å². The lowest BCUT2D eigenvalue weighted by Gasteiger charge is -2.29. The maximum absolute atomic E-state index is 13.1. The average molecular weight is 436 g/mol. The lowest BCUT2D eigenvalue weighted by atomic mass is 9.86. The fourth-order valence-corrected chi connectivity index (χ4v) is 5.98. The van der Waals surface area contributed by atoms with Crippen LogP contribution in [0.5, 0.6) is 0 Å². The molecule has 3 heterocycles. The third-order valence-electron chi connectivity index (χ3n) is 6.32. The molecule has 2 saturated heterocycles. The van der Waals surface area contributed by atoms with Crippen LogP contribution in [0.4, 0.5) is 5.69 Å². The molecule has 3 aliphatic heterocycles. The molecule has 0 spiro atoms. The first-order valence-corrected chi connectivity index (χ1v) is 12.0. The fourth-order valence-electron chi connectivity index (χ4n) is 4.43. The number of sulfonamides is 1. The first-order chi connectivity index (χ1) is 14.2. The van der Waals surface area contributed by atoms with E-state index < -0.39 is 15.4 Å². The molecular weight excluding hydrogens is 406 g/mol. The average Bonchev–Trinajstić information content (AvgIpc) is 2.95. The number of carbonyl (C=O) groups is 2. The quantitative estimate of drug-likeness (QED) is 0.712. The Balaban J connectivity index is 1.63. The Morgan fingerprint density at radius 2 is 1.73 bits per heavy atom. The van der Waals surface area contributed by atoms with Gasteiger partial charge in [0, 0.05) is 31.9 Å². The first kappa shape index (κ1) is 21.3. The molecular formula is C21H29N3O5S. The predicted octanol–water partition coefficient (Wildman–Crippen LogP) is 1.34. The monoisotopic (exact) mass is 435 g/mol. The number of fused-ring (bicyclic) bond motifs is 1. The Morgan fingerprint density at radius 1 is 1.07 bits per heavy atom. The summed E-state index contributed by atoms with van der Waals surface area (Å²) in [7, 11) is -3.59. The van der Waals surface area contributed by atoms with E-state index in [1.54, 1.807) is 36.9 Å². The van der Waals surface area contributed by atoms with Gasteiger partial charge in [0.05, 0.1) is 23.5 Å². The van der Waals surface area contributed by atoms with Crippen LogP contribution in [0.2, 0.25) is 0 Å². The van der Waals surface area contributed by atoms with Crippen LogP contribution in [-0.4, -0.2) is 75.4 Å². The fraction of sp³-hybridized carbons (Fsp3) is 0.619. The maximum atomic E-state index is 13.1. The Hall–Kier alpha value is -1.97. The number of amides is 2. The number of hydrogen-bond acceptors (Lipinski definition) is 5. The van der Waals surface area contributed by atoms with Gasteiger partial charge in [0.25, 0.3) is 0 Å². The van der Waals surface area contributed by atoms with Crippen LogP contribution in [0.1, 0.15) is 38.7 Å². The van der Waals surface area contributed by atoms with Crippen molar-refractivity contribution in [1.82, 2.24) is 9.21 Å². The minimum Gasteiger partial charge on any atom is -0.378 e. The zero-order valence-corrected chi connectivity index (χ0v) is 18.4. The molecule has 0 N–H and O–H groups in total. The maximum Gasteiger partial charge on any atom is 0.243 e. The second-order valence-corrected chi connectivity index (χ2v) is 10.6. The van der Waals surface area contributed by atoms with Crippen molar-refractivity contribution < 1.29 is 22.7 Å². The zero-order valence-electron chi connectivity index (χ0n) is 17.6. The van der Waals surface area contributed by atoms with Crippen LogP contribution in [-0.2, 0) is 29.8 Å². The van der Waals surface area contributed by atoms with E-state index in [1.807, 2.05) is 0 Å². The lowest BCUT2D eigenvalue weighted by Crippen LogP contribution is -2.47. The van der Waals surface area contributed by atoms with Crippen molar-refractivity contribution in [3.63, 3.8) is 0 Å². The number of anilines is 1. The number of hydrogen-bond donors (Lipinski definition) is 0. The van der Waals surface area contributed by atoms with Crippen LogP contribution < -0.4 is 4.90 Å². The third kappa shape index (κ3) is 3.63. The number of ether oxygens (including phenoxy) is 1. The molecule has 1 aromatic rings. The molecule has 30 heavy (non-hydrogen) atoms. The van der Waals surface area contributed by atoms with E-state index in [4.69, 9.17) is 4.74 Å². The highest BCUT2D eigenvalue weighted by Gasteiger charge is 2.45. The van der Waals surface area contributed by atoms with Gasteiger partial charge in [-0.15, -0.1) is 0 Å². The normalized spacial score (nSPS) is 22.3. The molecule has 4 rings (SSSR count). The number of carbonyl (C=O) groups excluding carboxylic acids is 2. The van der Waals surface area contributed by atoms with Crippen molar-refractivity contribution in [1.29, 1.82) is 0 Å². The SMILES string of the molecule is CC1(C)C(=O)N(CC(=O)N2CCOCC2)c2ccc(S(=O)(=O)N3CCCCC3)cc21. The summed E-state index contributed by atoms with van der Waals surface area (Å²) in [5, 5.41) is 0. The van der Waals surface area contributed by atoms with Crippen LogP contribution in [0.15, 0.2) is 23.1 Å². The van der Waals surface area contributed by atoms with Gasteiger partial charge in [-0.3, -0.25) is 9.59 Å². The summed E-state index contributed by atoms with van der Waals surface area (Å²) in [5.41, 5.74) is 0.373. The van der Waals surface area contributed by atoms with E-state index in [0.717, 1.165) is 19.3 Å². The first-order valence-electron chi connectivity index (χ1n) is 10.5. The molecule has 0 bridgehead atoms. The van der Waals surface area contributed by atoms with Crippen molar-refractivity contribution in [3.05, 3.63) is 23.8 Å². The Morgan fingerprint density at radius 3 is 2.40 bits per heavy atom. The summed E-state index contributed by atoms with van der Waals surface area (Å²) >= 11 is 0. The van der Waals surface area contributed by atoms with Crippen molar-refractivity contribution in [2.24, 2.45) is 0 Å². The van der Waals surface area contributed by atoms with Crippen LogP contribution in [0.3, 0.4) is 0 Å². The summed E-state index contributed by atoms with van der Waals surface area (Å²) in [5.74, 6) is -0.313. The second kappa shape index (κ2) is 7.94. The second-order valence-electron chi connectivity index (χ2n) is 8.65. The molecule has 0 atom stereocenters. The highest BCUT2D eigenvalue weighted by atomic mass is 32.2. The van der Waals surface area contributed by atoms with Crippen molar-refractivity contribution >= 4 is 27.5 Å². The predicted molar refractivity (Wildman–Crippen MR) is 112 cm³/mol. The largest absolute Gasteiger partial charge is 0.378 e. The molecule has 0 aliphatic carbocycles. The van der Waals surface area contributed by atoms with Gasteiger partial charge in [-0.25, -0.2) is 8.42 Å². The molecule has 0 radical (unpaired) electrons. The van der Waals surface area contributed by atoms with E-state index in [0.29, 0.717) is 50.6 Å². The van der Waals surface area contributed by atoms with E-state index in [2.05, 4.69) is 0 Å². The van der Waals surface area contributed by atoms with E-state index in [1.165, 1.54) is 9.21 Å². The van der Waals surface area contributed by atoms with Gasteiger partial charge >= 0.3 is 0 Å². The summed E-state index contributed by atoms with van der Waals surface area (Å²) in [6, 6.07) is 4.85. The summed E-state index contributed by atoms with van der Waals surface area (Å²) in [4.78, 5) is 29.3.